The summed E-state index contributed by atoms with van der Waals surface area (Å²) >= 11 is 1.73. The highest BCUT2D eigenvalue weighted by atomic mass is 32.1. The Morgan fingerprint density at radius 2 is 2.06 bits per heavy atom. The van der Waals surface area contributed by atoms with Crippen molar-refractivity contribution in [2.75, 3.05) is 0 Å². The van der Waals surface area contributed by atoms with E-state index in [0.29, 0.717) is 16.3 Å². The molecule has 2 aromatic rings. The van der Waals surface area contributed by atoms with Gasteiger partial charge in [0.2, 0.25) is 0 Å². The summed E-state index contributed by atoms with van der Waals surface area (Å²) in [6, 6.07) is 0. The van der Waals surface area contributed by atoms with Crippen molar-refractivity contribution < 1.29 is 23.1 Å². The Morgan fingerprint density at radius 1 is 1.39 bits per heavy atom. The maximum atomic E-state index is 12.6. The molecule has 1 N–H and O–H groups in total. The fraction of sp³-hybridized carbons (Fsp3) is 0.222. The lowest BCUT2D eigenvalue weighted by Gasteiger charge is -2.02. The van der Waals surface area contributed by atoms with Crippen molar-refractivity contribution in [1.82, 2.24) is 9.97 Å². The molecule has 0 aromatic carbocycles. The number of hydrogen-bond donors (Lipinski definition) is 1. The van der Waals surface area contributed by atoms with Gasteiger partial charge in [0.25, 0.3) is 0 Å². The van der Waals surface area contributed by atoms with Crippen molar-refractivity contribution in [2.45, 2.75) is 13.1 Å². The van der Waals surface area contributed by atoms with Crippen LogP contribution in [0.5, 0.6) is 0 Å². The Morgan fingerprint density at radius 3 is 2.44 bits per heavy atom. The normalized spacial score (nSPS) is 11.8. The van der Waals surface area contributed by atoms with E-state index in [2.05, 4.69) is 9.97 Å². The maximum Gasteiger partial charge on any atom is 0.435 e. The SMILES string of the molecule is Cc1nc(-c2nc(C(F)(F)F)c(C(=O)O)s2)cs1. The lowest BCUT2D eigenvalue weighted by Crippen LogP contribution is -2.11. The quantitative estimate of drug-likeness (QED) is 0.923. The van der Waals surface area contributed by atoms with Gasteiger partial charge in [0.1, 0.15) is 15.6 Å². The van der Waals surface area contributed by atoms with Gasteiger partial charge in [0.15, 0.2) is 5.69 Å². The number of nitrogens with zero attached hydrogens (tertiary/aromatic N) is 2. The van der Waals surface area contributed by atoms with Crippen LogP contribution >= 0.6 is 22.7 Å². The van der Waals surface area contributed by atoms with Crippen LogP contribution in [-0.4, -0.2) is 21.0 Å². The van der Waals surface area contributed by atoms with Crippen LogP contribution < -0.4 is 0 Å². The third-order valence-corrected chi connectivity index (χ3v) is 3.77. The third kappa shape index (κ3) is 2.36. The van der Waals surface area contributed by atoms with E-state index in [1.54, 1.807) is 12.3 Å². The number of rotatable bonds is 2. The van der Waals surface area contributed by atoms with Crippen LogP contribution in [0.25, 0.3) is 10.7 Å². The number of carbonyl (C=O) groups is 1. The average molecular weight is 294 g/mol. The molecule has 2 aromatic heterocycles. The molecular weight excluding hydrogens is 289 g/mol. The van der Waals surface area contributed by atoms with Crippen LogP contribution in [0.2, 0.25) is 0 Å². The summed E-state index contributed by atoms with van der Waals surface area (Å²) in [7, 11) is 0. The number of halogens is 3. The molecule has 0 aliphatic carbocycles. The molecule has 0 saturated carbocycles. The molecule has 0 spiro atoms. The standard InChI is InChI=1S/C9H5F3N2O2S2/c1-3-13-4(2-17-3)7-14-6(9(10,11)12)5(18-7)8(15)16/h2H,1H3,(H,15,16). The largest absolute Gasteiger partial charge is 0.477 e. The first-order valence-corrected chi connectivity index (χ1v) is 6.22. The summed E-state index contributed by atoms with van der Waals surface area (Å²) < 4.78 is 37.8. The molecule has 0 atom stereocenters. The van der Waals surface area contributed by atoms with E-state index >= 15 is 0 Å². The van der Waals surface area contributed by atoms with Crippen molar-refractivity contribution in [3.8, 4) is 10.7 Å². The van der Waals surface area contributed by atoms with Gasteiger partial charge in [-0.15, -0.1) is 22.7 Å². The molecular formula is C9H5F3N2O2S2. The number of aromatic carboxylic acids is 1. The number of carboxylic acids is 1. The molecule has 9 heteroatoms. The zero-order valence-electron chi connectivity index (χ0n) is 8.78. The van der Waals surface area contributed by atoms with Crippen molar-refractivity contribution in [1.29, 1.82) is 0 Å². The van der Waals surface area contributed by atoms with Crippen molar-refractivity contribution in [2.24, 2.45) is 0 Å². The van der Waals surface area contributed by atoms with Gasteiger partial charge in [-0.3, -0.25) is 0 Å². The summed E-state index contributed by atoms with van der Waals surface area (Å²) in [6.45, 7) is 1.70. The number of alkyl halides is 3. The van der Waals surface area contributed by atoms with Crippen LogP contribution in [0.3, 0.4) is 0 Å². The topological polar surface area (TPSA) is 63.1 Å². The molecule has 0 aliphatic rings. The first-order valence-electron chi connectivity index (χ1n) is 4.53. The highest BCUT2D eigenvalue weighted by Crippen LogP contribution is 2.37. The van der Waals surface area contributed by atoms with E-state index in [1.165, 1.54) is 11.3 Å². The minimum atomic E-state index is -4.78. The van der Waals surface area contributed by atoms with Gasteiger partial charge in [0, 0.05) is 5.38 Å². The molecule has 4 nitrogen and oxygen atoms in total. The highest BCUT2D eigenvalue weighted by molar-refractivity contribution is 7.17. The molecule has 0 aliphatic heterocycles. The Balaban J connectivity index is 2.56. The Bertz CT molecular complexity index is 603. The van der Waals surface area contributed by atoms with Crippen molar-refractivity contribution >= 4 is 28.6 Å². The molecule has 0 radical (unpaired) electrons. The average Bonchev–Trinajstić information content (AvgIpc) is 2.81. The van der Waals surface area contributed by atoms with Crippen LogP contribution in [0.1, 0.15) is 20.4 Å². The van der Waals surface area contributed by atoms with E-state index in [9.17, 15) is 18.0 Å². The van der Waals surface area contributed by atoms with Gasteiger partial charge >= 0.3 is 12.1 Å². The summed E-state index contributed by atoms with van der Waals surface area (Å²) in [5, 5.41) is 10.9. The molecule has 0 bridgehead atoms. The van der Waals surface area contributed by atoms with Gasteiger partial charge < -0.3 is 5.11 Å². The third-order valence-electron chi connectivity index (χ3n) is 1.93. The molecule has 96 valence electrons. The first kappa shape index (κ1) is 13.0. The van der Waals surface area contributed by atoms with E-state index in [1.807, 2.05) is 0 Å². The van der Waals surface area contributed by atoms with Gasteiger partial charge in [-0.05, 0) is 6.92 Å². The number of aromatic nitrogens is 2. The van der Waals surface area contributed by atoms with Gasteiger partial charge in [-0.25, -0.2) is 14.8 Å². The van der Waals surface area contributed by atoms with Gasteiger partial charge in [0.05, 0.1) is 5.01 Å². The van der Waals surface area contributed by atoms with E-state index in [4.69, 9.17) is 5.11 Å². The number of hydrogen-bond acceptors (Lipinski definition) is 5. The molecule has 18 heavy (non-hydrogen) atoms. The maximum absolute atomic E-state index is 12.6. The zero-order valence-corrected chi connectivity index (χ0v) is 10.4. The summed E-state index contributed by atoms with van der Waals surface area (Å²) in [5.41, 5.74) is -1.11. The number of thiazole rings is 2. The second-order valence-corrected chi connectivity index (χ2v) is 5.31. The fourth-order valence-electron chi connectivity index (χ4n) is 1.23. The molecule has 2 rings (SSSR count). The highest BCUT2D eigenvalue weighted by Gasteiger charge is 2.40. The van der Waals surface area contributed by atoms with Gasteiger partial charge in [-0.2, -0.15) is 13.2 Å². The molecule has 0 saturated heterocycles. The summed E-state index contributed by atoms with van der Waals surface area (Å²) in [5.74, 6) is -1.64. The first-order chi connectivity index (χ1) is 8.29. The van der Waals surface area contributed by atoms with E-state index in [0.717, 1.165) is 0 Å². The number of aryl methyl sites for hydroxylation is 1. The van der Waals surface area contributed by atoms with Crippen LogP contribution in [-0.2, 0) is 6.18 Å². The number of carboxylic acid groups (broad SMARTS) is 1. The minimum Gasteiger partial charge on any atom is -0.477 e. The second kappa shape index (κ2) is 4.32. The van der Waals surface area contributed by atoms with Crippen LogP contribution in [0, 0.1) is 6.92 Å². The van der Waals surface area contributed by atoms with Crippen LogP contribution in [0.15, 0.2) is 5.38 Å². The molecule has 0 amide bonds. The van der Waals surface area contributed by atoms with Crippen molar-refractivity contribution in [3.05, 3.63) is 21.0 Å². The smallest absolute Gasteiger partial charge is 0.435 e. The lowest BCUT2D eigenvalue weighted by atomic mass is 10.3. The predicted octanol–water partition coefficient (Wildman–Crippen LogP) is 3.29. The molecule has 0 fully saturated rings. The fourth-order valence-corrected chi connectivity index (χ4v) is 2.79. The Labute approximate surface area is 107 Å². The predicted molar refractivity (Wildman–Crippen MR) is 59.9 cm³/mol. The second-order valence-electron chi connectivity index (χ2n) is 3.25. The molecule has 2 heterocycles. The van der Waals surface area contributed by atoms with Crippen LogP contribution in [0.4, 0.5) is 13.2 Å². The lowest BCUT2D eigenvalue weighted by molar-refractivity contribution is -0.141. The van der Waals surface area contributed by atoms with E-state index < -0.39 is 22.7 Å². The Hall–Kier alpha value is -1.48. The summed E-state index contributed by atoms with van der Waals surface area (Å²) in [6.07, 6.45) is -4.78. The monoisotopic (exact) mass is 294 g/mol. The van der Waals surface area contributed by atoms with Gasteiger partial charge in [-0.1, -0.05) is 0 Å². The Kier molecular flexibility index (Phi) is 3.11. The molecule has 0 unspecified atom stereocenters. The zero-order chi connectivity index (χ0) is 13.5. The van der Waals surface area contributed by atoms with Crippen molar-refractivity contribution in [3.63, 3.8) is 0 Å². The summed E-state index contributed by atoms with van der Waals surface area (Å²) in [4.78, 5) is 17.3. The minimum absolute atomic E-state index is 0.0379. The van der Waals surface area contributed by atoms with E-state index in [-0.39, 0.29) is 10.7 Å².